The molecule has 0 unspecified atom stereocenters. The molecule has 0 aromatic carbocycles. The van der Waals surface area contributed by atoms with E-state index in [9.17, 15) is 13.2 Å². The number of carbonyl (C=O) groups is 1. The quantitative estimate of drug-likeness (QED) is 0.558. The van der Waals surface area contributed by atoms with E-state index in [0.717, 1.165) is 12.8 Å². The van der Waals surface area contributed by atoms with Crippen molar-refractivity contribution in [3.63, 3.8) is 0 Å². The van der Waals surface area contributed by atoms with Gasteiger partial charge in [-0.2, -0.15) is 0 Å². The molecule has 0 aliphatic carbocycles. The minimum absolute atomic E-state index is 0.0305. The second-order valence-electron chi connectivity index (χ2n) is 4.69. The summed E-state index contributed by atoms with van der Waals surface area (Å²) >= 11 is 0. The molecular weight excluding hydrogens is 296 g/mol. The number of aliphatic hydroxyl groups is 1. The molecule has 0 fully saturated rings. The maximum absolute atomic E-state index is 12.1. The van der Waals surface area contributed by atoms with Crippen LogP contribution in [0.2, 0.25) is 0 Å². The lowest BCUT2D eigenvalue weighted by molar-refractivity contribution is 0.0685. The highest BCUT2D eigenvalue weighted by Gasteiger charge is 2.20. The number of aromatic carboxylic acids is 1. The molecule has 1 aromatic rings. The SMILES string of the molecule is CCn1cc(S(=O)(=O)NCCCCCCO)cc1C(=O)O. The van der Waals surface area contributed by atoms with Gasteiger partial charge in [0.05, 0.1) is 0 Å². The summed E-state index contributed by atoms with van der Waals surface area (Å²) in [6.07, 6.45) is 4.41. The third-order valence-corrected chi connectivity index (χ3v) is 4.55. The number of carboxylic acids is 1. The first kappa shape index (κ1) is 17.7. The Hall–Kier alpha value is -1.38. The number of sulfonamides is 1. The number of hydrogen-bond acceptors (Lipinski definition) is 4. The Bertz CT molecular complexity index is 565. The van der Waals surface area contributed by atoms with Gasteiger partial charge in [0.1, 0.15) is 10.6 Å². The molecule has 0 radical (unpaired) electrons. The van der Waals surface area contributed by atoms with E-state index in [1.807, 2.05) is 0 Å². The average Bonchev–Trinajstić information content (AvgIpc) is 2.88. The summed E-state index contributed by atoms with van der Waals surface area (Å²) in [6, 6.07) is 1.17. The van der Waals surface area contributed by atoms with Gasteiger partial charge in [0.25, 0.3) is 0 Å². The first-order chi connectivity index (χ1) is 9.92. The van der Waals surface area contributed by atoms with E-state index in [1.165, 1.54) is 16.8 Å². The van der Waals surface area contributed by atoms with E-state index in [2.05, 4.69) is 4.72 Å². The maximum Gasteiger partial charge on any atom is 0.352 e. The van der Waals surface area contributed by atoms with E-state index in [0.29, 0.717) is 25.9 Å². The number of nitrogens with zero attached hydrogens (tertiary/aromatic N) is 1. The van der Waals surface area contributed by atoms with E-state index >= 15 is 0 Å². The Balaban J connectivity index is 2.64. The van der Waals surface area contributed by atoms with Crippen molar-refractivity contribution in [2.75, 3.05) is 13.2 Å². The zero-order valence-corrected chi connectivity index (χ0v) is 12.9. The van der Waals surface area contributed by atoms with Crippen molar-refractivity contribution in [3.8, 4) is 0 Å². The van der Waals surface area contributed by atoms with Crippen LogP contribution in [0.1, 0.15) is 43.1 Å². The van der Waals surface area contributed by atoms with Gasteiger partial charge < -0.3 is 14.8 Å². The van der Waals surface area contributed by atoms with Crippen LogP contribution in [0, 0.1) is 0 Å². The molecule has 1 rings (SSSR count). The number of nitrogens with one attached hydrogen (secondary N) is 1. The fraction of sp³-hybridized carbons (Fsp3) is 0.615. The molecule has 21 heavy (non-hydrogen) atoms. The van der Waals surface area contributed by atoms with E-state index in [1.54, 1.807) is 6.92 Å². The molecule has 0 spiro atoms. The summed E-state index contributed by atoms with van der Waals surface area (Å²) in [4.78, 5) is 11.0. The number of aryl methyl sites for hydroxylation is 1. The summed E-state index contributed by atoms with van der Waals surface area (Å²) in [5.41, 5.74) is -0.0409. The van der Waals surface area contributed by atoms with Crippen molar-refractivity contribution >= 4 is 16.0 Å². The molecule has 1 heterocycles. The Morgan fingerprint density at radius 3 is 2.48 bits per heavy atom. The summed E-state index contributed by atoms with van der Waals surface area (Å²) < 4.78 is 28.0. The van der Waals surface area contributed by atoms with Crippen molar-refractivity contribution in [2.24, 2.45) is 0 Å². The van der Waals surface area contributed by atoms with Crippen LogP contribution in [0.3, 0.4) is 0 Å². The highest BCUT2D eigenvalue weighted by molar-refractivity contribution is 7.89. The van der Waals surface area contributed by atoms with Crippen LogP contribution in [-0.4, -0.2) is 42.3 Å². The van der Waals surface area contributed by atoms with Crippen LogP contribution in [-0.2, 0) is 16.6 Å². The van der Waals surface area contributed by atoms with E-state index < -0.39 is 16.0 Å². The van der Waals surface area contributed by atoms with Crippen molar-refractivity contribution < 1.29 is 23.4 Å². The predicted molar refractivity (Wildman–Crippen MR) is 77.8 cm³/mol. The number of rotatable bonds is 10. The lowest BCUT2D eigenvalue weighted by Crippen LogP contribution is -2.24. The van der Waals surface area contributed by atoms with E-state index in [-0.39, 0.29) is 17.2 Å². The van der Waals surface area contributed by atoms with Gasteiger partial charge >= 0.3 is 5.97 Å². The van der Waals surface area contributed by atoms with Crippen molar-refractivity contribution in [3.05, 3.63) is 18.0 Å². The molecule has 0 amide bonds. The zero-order valence-electron chi connectivity index (χ0n) is 12.1. The highest BCUT2D eigenvalue weighted by atomic mass is 32.2. The van der Waals surface area contributed by atoms with E-state index in [4.69, 9.17) is 10.2 Å². The topological polar surface area (TPSA) is 109 Å². The zero-order chi connectivity index (χ0) is 15.9. The minimum atomic E-state index is -3.68. The van der Waals surface area contributed by atoms with Crippen LogP contribution in [0.15, 0.2) is 17.2 Å². The standard InChI is InChI=1S/C13H22N2O5S/c1-2-15-10-11(9-12(15)13(17)18)21(19,20)14-7-5-3-4-6-8-16/h9-10,14,16H,2-8H2,1H3,(H,17,18). The van der Waals surface area contributed by atoms with Crippen molar-refractivity contribution in [1.29, 1.82) is 0 Å². The monoisotopic (exact) mass is 318 g/mol. The number of unbranched alkanes of at least 4 members (excludes halogenated alkanes) is 3. The molecule has 7 nitrogen and oxygen atoms in total. The van der Waals surface area contributed by atoms with Crippen LogP contribution in [0.4, 0.5) is 0 Å². The Morgan fingerprint density at radius 1 is 1.29 bits per heavy atom. The van der Waals surface area contributed by atoms with Crippen molar-refractivity contribution in [2.45, 2.75) is 44.0 Å². The molecular formula is C13H22N2O5S. The molecule has 0 aliphatic rings. The van der Waals surface area contributed by atoms with Gasteiger partial charge in [0, 0.05) is 25.9 Å². The largest absolute Gasteiger partial charge is 0.477 e. The highest BCUT2D eigenvalue weighted by Crippen LogP contribution is 2.14. The van der Waals surface area contributed by atoms with Crippen LogP contribution in [0.25, 0.3) is 0 Å². The number of aromatic nitrogens is 1. The maximum atomic E-state index is 12.1. The second-order valence-corrected chi connectivity index (χ2v) is 6.45. The normalized spacial score (nSPS) is 11.7. The summed E-state index contributed by atoms with van der Waals surface area (Å²) in [5.74, 6) is -1.15. The second kappa shape index (κ2) is 8.16. The van der Waals surface area contributed by atoms with Gasteiger partial charge in [0.2, 0.25) is 10.0 Å². The molecule has 0 saturated heterocycles. The average molecular weight is 318 g/mol. The van der Waals surface area contributed by atoms with Gasteiger partial charge in [-0.1, -0.05) is 12.8 Å². The smallest absolute Gasteiger partial charge is 0.352 e. The first-order valence-electron chi connectivity index (χ1n) is 6.96. The molecule has 0 atom stereocenters. The molecule has 120 valence electrons. The fourth-order valence-electron chi connectivity index (χ4n) is 1.95. The number of aliphatic hydroxyl groups excluding tert-OH is 1. The number of carboxylic acid groups (broad SMARTS) is 1. The Labute approximate surface area is 124 Å². The van der Waals surface area contributed by atoms with Crippen LogP contribution in [0.5, 0.6) is 0 Å². The first-order valence-corrected chi connectivity index (χ1v) is 8.44. The van der Waals surface area contributed by atoms with Gasteiger partial charge in [0.15, 0.2) is 0 Å². The Morgan fingerprint density at radius 2 is 1.95 bits per heavy atom. The van der Waals surface area contributed by atoms with Crippen molar-refractivity contribution in [1.82, 2.24) is 9.29 Å². The predicted octanol–water partition coefficient (Wildman–Crippen LogP) is 1.04. The van der Waals surface area contributed by atoms with Gasteiger partial charge in [-0.25, -0.2) is 17.9 Å². The van der Waals surface area contributed by atoms with Gasteiger partial charge in [-0.05, 0) is 25.8 Å². The molecule has 0 saturated carbocycles. The lowest BCUT2D eigenvalue weighted by Gasteiger charge is -2.04. The van der Waals surface area contributed by atoms with Gasteiger partial charge in [-0.3, -0.25) is 0 Å². The minimum Gasteiger partial charge on any atom is -0.477 e. The molecule has 3 N–H and O–H groups in total. The summed E-state index contributed by atoms with van der Waals surface area (Å²) in [7, 11) is -3.68. The lowest BCUT2D eigenvalue weighted by atomic mass is 10.2. The van der Waals surface area contributed by atoms with Gasteiger partial charge in [-0.15, -0.1) is 0 Å². The molecule has 1 aromatic heterocycles. The third-order valence-electron chi connectivity index (χ3n) is 3.12. The summed E-state index contributed by atoms with van der Waals surface area (Å²) in [5, 5.41) is 17.7. The molecule has 0 bridgehead atoms. The number of hydrogen-bond donors (Lipinski definition) is 3. The van der Waals surface area contributed by atoms with Crippen LogP contribution >= 0.6 is 0 Å². The Kier molecular flexibility index (Phi) is 6.86. The molecule has 0 aliphatic heterocycles. The fourth-order valence-corrected chi connectivity index (χ4v) is 3.06. The van der Waals surface area contributed by atoms with Crippen LogP contribution < -0.4 is 4.72 Å². The molecule has 8 heteroatoms. The third kappa shape index (κ3) is 5.14. The summed E-state index contributed by atoms with van der Waals surface area (Å²) in [6.45, 7) is 2.58.